The summed E-state index contributed by atoms with van der Waals surface area (Å²) < 4.78 is 13.0. The Balaban J connectivity index is 2.18. The summed E-state index contributed by atoms with van der Waals surface area (Å²) in [5.74, 6) is -0.476. The van der Waals surface area contributed by atoms with Crippen molar-refractivity contribution in [2.75, 3.05) is 5.32 Å². The van der Waals surface area contributed by atoms with Gasteiger partial charge >= 0.3 is 0 Å². The van der Waals surface area contributed by atoms with Crippen LogP contribution in [0.25, 0.3) is 0 Å². The highest BCUT2D eigenvalue weighted by atomic mass is 19.1. The molecule has 0 radical (unpaired) electrons. The van der Waals surface area contributed by atoms with Crippen molar-refractivity contribution in [1.82, 2.24) is 9.97 Å². The smallest absolute Gasteiger partial charge is 0.258 e. The van der Waals surface area contributed by atoms with E-state index < -0.39 is 0 Å². The number of hydrogen-bond donors (Lipinski definition) is 1. The van der Waals surface area contributed by atoms with Crippen LogP contribution < -0.4 is 5.32 Å². The maximum atomic E-state index is 13.0. The first-order valence-corrected chi connectivity index (χ1v) is 5.01. The Hall–Kier alpha value is -2.30. The van der Waals surface area contributed by atoms with Crippen LogP contribution in [-0.2, 0) is 0 Å². The van der Waals surface area contributed by atoms with Gasteiger partial charge in [-0.3, -0.25) is 10.1 Å². The van der Waals surface area contributed by atoms with Crippen molar-refractivity contribution in [3.05, 3.63) is 53.6 Å². The lowest BCUT2D eigenvalue weighted by atomic mass is 10.1. The number of carbonyl (C=O) groups is 1. The fourth-order valence-corrected chi connectivity index (χ4v) is 1.32. The Morgan fingerprint density at radius 2 is 2.00 bits per heavy atom. The van der Waals surface area contributed by atoms with Crippen molar-refractivity contribution in [1.29, 1.82) is 0 Å². The molecule has 0 aliphatic carbocycles. The molecule has 17 heavy (non-hydrogen) atoms. The van der Waals surface area contributed by atoms with Crippen LogP contribution in [-0.4, -0.2) is 15.9 Å². The number of halogens is 1. The molecule has 1 amide bonds. The van der Waals surface area contributed by atoms with E-state index in [-0.39, 0.29) is 17.7 Å². The van der Waals surface area contributed by atoms with Gasteiger partial charge in [0.15, 0.2) is 0 Å². The van der Waals surface area contributed by atoms with Gasteiger partial charge in [0.05, 0.1) is 0 Å². The second kappa shape index (κ2) is 4.69. The van der Waals surface area contributed by atoms with Crippen LogP contribution in [0.15, 0.2) is 36.7 Å². The second-order valence-corrected chi connectivity index (χ2v) is 3.49. The molecule has 1 N–H and O–H groups in total. The van der Waals surface area contributed by atoms with E-state index in [4.69, 9.17) is 0 Å². The van der Waals surface area contributed by atoms with E-state index in [0.29, 0.717) is 11.1 Å². The molecule has 0 bridgehead atoms. The molecule has 1 aromatic carbocycles. The second-order valence-electron chi connectivity index (χ2n) is 3.49. The third-order valence-electron chi connectivity index (χ3n) is 2.21. The lowest BCUT2D eigenvalue weighted by Gasteiger charge is -2.04. The maximum absolute atomic E-state index is 13.0. The Kier molecular flexibility index (Phi) is 3.09. The van der Waals surface area contributed by atoms with E-state index in [0.717, 1.165) is 0 Å². The number of nitrogens with zero attached hydrogens (tertiary/aromatic N) is 2. The van der Waals surface area contributed by atoms with Crippen molar-refractivity contribution in [2.24, 2.45) is 0 Å². The molecule has 0 unspecified atom stereocenters. The van der Waals surface area contributed by atoms with E-state index in [1.165, 1.54) is 30.6 Å². The van der Waals surface area contributed by atoms with Gasteiger partial charge in [-0.2, -0.15) is 0 Å². The number of benzene rings is 1. The number of aryl methyl sites for hydroxylation is 1. The van der Waals surface area contributed by atoms with Crippen molar-refractivity contribution in [3.63, 3.8) is 0 Å². The molecule has 86 valence electrons. The summed E-state index contributed by atoms with van der Waals surface area (Å²) >= 11 is 0. The molecule has 5 heteroatoms. The minimum atomic E-state index is -0.362. The van der Waals surface area contributed by atoms with Crippen LogP contribution in [0.5, 0.6) is 0 Å². The molecular weight excluding hydrogens is 221 g/mol. The minimum Gasteiger partial charge on any atom is -0.290 e. The molecular formula is C12H10FN3O. The average Bonchev–Trinajstić information content (AvgIpc) is 2.34. The number of hydrogen-bond acceptors (Lipinski definition) is 3. The predicted octanol–water partition coefficient (Wildman–Crippen LogP) is 2.18. The van der Waals surface area contributed by atoms with Gasteiger partial charge in [0, 0.05) is 18.0 Å². The molecule has 4 nitrogen and oxygen atoms in total. The van der Waals surface area contributed by atoms with Gasteiger partial charge in [0.2, 0.25) is 5.95 Å². The Labute approximate surface area is 97.5 Å². The zero-order valence-corrected chi connectivity index (χ0v) is 9.14. The van der Waals surface area contributed by atoms with E-state index in [1.54, 1.807) is 13.0 Å². The lowest BCUT2D eigenvalue weighted by Crippen LogP contribution is -2.14. The number of anilines is 1. The van der Waals surface area contributed by atoms with Gasteiger partial charge in [-0.15, -0.1) is 0 Å². The zero-order valence-electron chi connectivity index (χ0n) is 9.14. The largest absolute Gasteiger partial charge is 0.290 e. The fourth-order valence-electron chi connectivity index (χ4n) is 1.32. The number of amides is 1. The van der Waals surface area contributed by atoms with Gasteiger partial charge in [-0.25, -0.2) is 14.4 Å². The summed E-state index contributed by atoms with van der Waals surface area (Å²) in [6.07, 6.45) is 3.05. The molecule has 0 atom stereocenters. The highest BCUT2D eigenvalue weighted by molar-refractivity contribution is 6.03. The Morgan fingerprint density at radius 1 is 1.29 bits per heavy atom. The predicted molar refractivity (Wildman–Crippen MR) is 61.1 cm³/mol. The SMILES string of the molecule is Cc1cc(C(=O)Nc2ncccn2)ccc1F. The van der Waals surface area contributed by atoms with Crippen LogP contribution in [0, 0.1) is 12.7 Å². The van der Waals surface area contributed by atoms with Crippen LogP contribution in [0.3, 0.4) is 0 Å². The average molecular weight is 231 g/mol. The Morgan fingerprint density at radius 3 is 2.65 bits per heavy atom. The summed E-state index contributed by atoms with van der Waals surface area (Å²) in [6, 6.07) is 5.81. The third kappa shape index (κ3) is 2.63. The molecule has 2 rings (SSSR count). The molecule has 0 fully saturated rings. The van der Waals surface area contributed by atoms with Crippen LogP contribution in [0.1, 0.15) is 15.9 Å². The van der Waals surface area contributed by atoms with Gasteiger partial charge < -0.3 is 0 Å². The number of nitrogens with one attached hydrogen (secondary N) is 1. The molecule has 0 saturated heterocycles. The van der Waals surface area contributed by atoms with Crippen LogP contribution >= 0.6 is 0 Å². The Bertz CT molecular complexity index is 543. The van der Waals surface area contributed by atoms with Crippen molar-refractivity contribution >= 4 is 11.9 Å². The normalized spacial score (nSPS) is 10.0. The first kappa shape index (κ1) is 11.2. The van der Waals surface area contributed by atoms with Gasteiger partial charge in [0.25, 0.3) is 5.91 Å². The summed E-state index contributed by atoms with van der Waals surface area (Å²) in [5, 5.41) is 2.52. The summed E-state index contributed by atoms with van der Waals surface area (Å²) in [6.45, 7) is 1.60. The summed E-state index contributed by atoms with van der Waals surface area (Å²) in [7, 11) is 0. The van der Waals surface area contributed by atoms with E-state index in [2.05, 4.69) is 15.3 Å². The number of aromatic nitrogens is 2. The minimum absolute atomic E-state index is 0.222. The summed E-state index contributed by atoms with van der Waals surface area (Å²) in [4.78, 5) is 19.5. The molecule has 1 aromatic heterocycles. The zero-order chi connectivity index (χ0) is 12.3. The first-order chi connectivity index (χ1) is 8.16. The maximum Gasteiger partial charge on any atom is 0.258 e. The molecule has 0 aliphatic heterocycles. The fraction of sp³-hybridized carbons (Fsp3) is 0.0833. The van der Waals surface area contributed by atoms with Crippen LogP contribution in [0.4, 0.5) is 10.3 Å². The van der Waals surface area contributed by atoms with Crippen molar-refractivity contribution < 1.29 is 9.18 Å². The molecule has 0 aliphatic rings. The standard InChI is InChI=1S/C12H10FN3O/c1-8-7-9(3-4-10(8)13)11(17)16-12-14-5-2-6-15-12/h2-7H,1H3,(H,14,15,16,17). The molecule has 1 heterocycles. The lowest BCUT2D eigenvalue weighted by molar-refractivity contribution is 0.102. The monoisotopic (exact) mass is 231 g/mol. The van der Waals surface area contributed by atoms with Crippen molar-refractivity contribution in [2.45, 2.75) is 6.92 Å². The van der Waals surface area contributed by atoms with E-state index >= 15 is 0 Å². The number of rotatable bonds is 2. The number of carbonyl (C=O) groups excluding carboxylic acids is 1. The molecule has 2 aromatic rings. The van der Waals surface area contributed by atoms with Gasteiger partial charge in [-0.05, 0) is 36.8 Å². The molecule has 0 spiro atoms. The van der Waals surface area contributed by atoms with Gasteiger partial charge in [-0.1, -0.05) is 0 Å². The highest BCUT2D eigenvalue weighted by Crippen LogP contribution is 2.10. The first-order valence-electron chi connectivity index (χ1n) is 5.01. The highest BCUT2D eigenvalue weighted by Gasteiger charge is 2.08. The summed E-state index contributed by atoms with van der Waals surface area (Å²) in [5.41, 5.74) is 0.794. The quantitative estimate of drug-likeness (QED) is 0.861. The molecule has 0 saturated carbocycles. The third-order valence-corrected chi connectivity index (χ3v) is 2.21. The van der Waals surface area contributed by atoms with Gasteiger partial charge in [0.1, 0.15) is 5.82 Å². The van der Waals surface area contributed by atoms with Crippen LogP contribution in [0.2, 0.25) is 0 Å². The van der Waals surface area contributed by atoms with Crippen molar-refractivity contribution in [3.8, 4) is 0 Å². The van der Waals surface area contributed by atoms with E-state index in [9.17, 15) is 9.18 Å². The topological polar surface area (TPSA) is 54.9 Å². The van der Waals surface area contributed by atoms with E-state index in [1.807, 2.05) is 0 Å².